The molecule has 0 bridgehead atoms. The highest BCUT2D eigenvalue weighted by atomic mass is 35.5. The highest BCUT2D eigenvalue weighted by Crippen LogP contribution is 2.40. The van der Waals surface area contributed by atoms with E-state index in [9.17, 15) is 9.59 Å². The molecule has 0 fully saturated rings. The average Bonchev–Trinajstić information content (AvgIpc) is 3.39. The minimum atomic E-state index is -0.282. The summed E-state index contributed by atoms with van der Waals surface area (Å²) in [6, 6.07) is 15.0. The number of thiophene rings is 1. The van der Waals surface area contributed by atoms with Crippen LogP contribution in [-0.2, 0) is 17.6 Å². The molecule has 33 heavy (non-hydrogen) atoms. The Balaban J connectivity index is 1.49. The fourth-order valence-corrected chi connectivity index (χ4v) is 5.45. The number of carbonyl (C=O) groups is 2. The first kappa shape index (κ1) is 23.3. The van der Waals surface area contributed by atoms with Gasteiger partial charge in [0.2, 0.25) is 5.91 Å². The van der Waals surface area contributed by atoms with Crippen LogP contribution in [0.25, 0.3) is 0 Å². The lowest BCUT2D eigenvalue weighted by Gasteiger charge is -2.15. The van der Waals surface area contributed by atoms with E-state index in [4.69, 9.17) is 16.3 Å². The van der Waals surface area contributed by atoms with Gasteiger partial charge in [0.15, 0.2) is 0 Å². The molecule has 6 nitrogen and oxygen atoms in total. The van der Waals surface area contributed by atoms with Gasteiger partial charge in [-0.05, 0) is 55.5 Å². The molecule has 1 aliphatic carbocycles. The van der Waals surface area contributed by atoms with E-state index in [-0.39, 0.29) is 24.4 Å². The third-order valence-corrected chi connectivity index (χ3v) is 7.12. The van der Waals surface area contributed by atoms with Gasteiger partial charge in [0, 0.05) is 15.9 Å². The van der Waals surface area contributed by atoms with Crippen molar-refractivity contribution in [3.05, 3.63) is 75.1 Å². The molecule has 1 aliphatic rings. The molecule has 1 aromatic heterocycles. The predicted molar refractivity (Wildman–Crippen MR) is 134 cm³/mol. The molecular formula is C25H26ClN3O3S. The van der Waals surface area contributed by atoms with Crippen LogP contribution in [0.15, 0.2) is 48.5 Å². The summed E-state index contributed by atoms with van der Waals surface area (Å²) in [5, 5.41) is 10.2. The Kier molecular flexibility index (Phi) is 7.33. The van der Waals surface area contributed by atoms with Crippen molar-refractivity contribution < 1.29 is 14.3 Å². The number of methoxy groups -OCH3 is 1. The summed E-state index contributed by atoms with van der Waals surface area (Å²) in [5.74, 6) is 0.0484. The van der Waals surface area contributed by atoms with Crippen LogP contribution in [0.2, 0.25) is 5.02 Å². The summed E-state index contributed by atoms with van der Waals surface area (Å²) in [6.07, 6.45) is 2.74. The lowest BCUT2D eigenvalue weighted by molar-refractivity contribution is -0.115. The highest BCUT2D eigenvalue weighted by molar-refractivity contribution is 7.17. The molecule has 172 valence electrons. The molecule has 8 heteroatoms. The first-order chi connectivity index (χ1) is 16.0. The zero-order valence-electron chi connectivity index (χ0n) is 18.5. The third-order valence-electron chi connectivity index (χ3n) is 5.68. The minimum absolute atomic E-state index is 0.0309. The van der Waals surface area contributed by atoms with Gasteiger partial charge in [-0.1, -0.05) is 41.9 Å². The lowest BCUT2D eigenvalue weighted by atomic mass is 10.1. The van der Waals surface area contributed by atoms with Gasteiger partial charge in [-0.25, -0.2) is 0 Å². The van der Waals surface area contributed by atoms with Crippen molar-refractivity contribution in [1.82, 2.24) is 5.32 Å². The van der Waals surface area contributed by atoms with E-state index < -0.39 is 0 Å². The number of hydrogen-bond acceptors (Lipinski definition) is 5. The fourth-order valence-electron chi connectivity index (χ4n) is 3.97. The number of benzene rings is 2. The van der Waals surface area contributed by atoms with Crippen LogP contribution in [0.3, 0.4) is 0 Å². The summed E-state index contributed by atoms with van der Waals surface area (Å²) < 4.78 is 5.35. The maximum absolute atomic E-state index is 13.3. The zero-order chi connectivity index (χ0) is 23.4. The normalized spacial score (nSPS) is 13.3. The van der Waals surface area contributed by atoms with Crippen LogP contribution in [0.5, 0.6) is 5.75 Å². The van der Waals surface area contributed by atoms with E-state index in [2.05, 4.69) is 16.0 Å². The van der Waals surface area contributed by atoms with E-state index in [1.807, 2.05) is 37.3 Å². The number of carbonyl (C=O) groups excluding carboxylic acids is 2. The van der Waals surface area contributed by atoms with E-state index >= 15 is 0 Å². The Morgan fingerprint density at radius 3 is 2.67 bits per heavy atom. The van der Waals surface area contributed by atoms with E-state index in [1.165, 1.54) is 18.4 Å². The number of fused-ring (bicyclic) bond motifs is 1. The molecule has 0 saturated heterocycles. The van der Waals surface area contributed by atoms with Crippen LogP contribution in [0.1, 0.15) is 45.7 Å². The van der Waals surface area contributed by atoms with Crippen molar-refractivity contribution in [2.75, 3.05) is 24.3 Å². The SMILES string of the molecule is COc1ccc(Cl)cc1NC(=O)c1c(NC(=O)CN[C@@H](C)c2ccccc2)sc2c1CCC2. The van der Waals surface area contributed by atoms with Gasteiger partial charge in [0.05, 0.1) is 24.9 Å². The molecule has 2 aromatic carbocycles. The molecule has 1 heterocycles. The number of amides is 2. The summed E-state index contributed by atoms with van der Waals surface area (Å²) in [4.78, 5) is 27.2. The number of nitrogens with one attached hydrogen (secondary N) is 3. The van der Waals surface area contributed by atoms with Crippen molar-refractivity contribution >= 4 is 45.4 Å². The largest absolute Gasteiger partial charge is 0.495 e. The number of hydrogen-bond donors (Lipinski definition) is 3. The van der Waals surface area contributed by atoms with Crippen LogP contribution in [0.4, 0.5) is 10.7 Å². The molecule has 4 rings (SSSR count). The first-order valence-electron chi connectivity index (χ1n) is 10.8. The fraction of sp³-hybridized carbons (Fsp3) is 0.280. The van der Waals surface area contributed by atoms with Crippen LogP contribution in [-0.4, -0.2) is 25.5 Å². The standard InChI is InChI=1S/C25H26ClN3O3S/c1-15(16-7-4-3-5-8-16)27-14-22(30)29-25-23(18-9-6-10-21(18)33-25)24(31)28-19-13-17(26)11-12-20(19)32-2/h3-5,7-8,11-13,15,27H,6,9-10,14H2,1-2H3,(H,28,31)(H,29,30)/t15-/m0/s1. The van der Waals surface area contributed by atoms with Crippen molar-refractivity contribution in [2.45, 2.75) is 32.2 Å². The van der Waals surface area contributed by atoms with Crippen LogP contribution in [0, 0.1) is 0 Å². The number of ether oxygens (including phenoxy) is 1. The summed E-state index contributed by atoms with van der Waals surface area (Å²) in [5.41, 5.74) is 3.14. The Bertz CT molecular complexity index is 1160. The van der Waals surface area contributed by atoms with Gasteiger partial charge in [0.1, 0.15) is 10.8 Å². The van der Waals surface area contributed by atoms with Crippen molar-refractivity contribution in [1.29, 1.82) is 0 Å². The molecule has 0 spiro atoms. The second kappa shape index (κ2) is 10.4. The number of rotatable bonds is 8. The maximum Gasteiger partial charge on any atom is 0.259 e. The topological polar surface area (TPSA) is 79.5 Å². The van der Waals surface area contributed by atoms with Gasteiger partial charge in [-0.15, -0.1) is 11.3 Å². The molecule has 3 aromatic rings. The van der Waals surface area contributed by atoms with E-state index in [1.54, 1.807) is 18.2 Å². The monoisotopic (exact) mass is 483 g/mol. The minimum Gasteiger partial charge on any atom is -0.495 e. The Labute approximate surface area is 202 Å². The van der Waals surface area contributed by atoms with Crippen LogP contribution < -0.4 is 20.7 Å². The Hall–Kier alpha value is -2.87. The number of halogens is 1. The van der Waals surface area contributed by atoms with E-state index in [0.717, 1.165) is 35.3 Å². The smallest absolute Gasteiger partial charge is 0.259 e. The molecular weight excluding hydrogens is 458 g/mol. The molecule has 0 unspecified atom stereocenters. The van der Waals surface area contributed by atoms with Gasteiger partial charge >= 0.3 is 0 Å². The molecule has 0 radical (unpaired) electrons. The number of aryl methyl sites for hydroxylation is 1. The average molecular weight is 484 g/mol. The quantitative estimate of drug-likeness (QED) is 0.398. The van der Waals surface area contributed by atoms with Gasteiger partial charge in [0.25, 0.3) is 5.91 Å². The molecule has 0 saturated carbocycles. The summed E-state index contributed by atoms with van der Waals surface area (Å²) >= 11 is 7.59. The van der Waals surface area contributed by atoms with E-state index in [0.29, 0.717) is 27.0 Å². The van der Waals surface area contributed by atoms with Crippen LogP contribution >= 0.6 is 22.9 Å². The second-order valence-electron chi connectivity index (χ2n) is 7.92. The molecule has 0 aliphatic heterocycles. The van der Waals surface area contributed by atoms with Crippen molar-refractivity contribution in [2.24, 2.45) is 0 Å². The Morgan fingerprint density at radius 2 is 1.91 bits per heavy atom. The third kappa shape index (κ3) is 5.38. The van der Waals surface area contributed by atoms with Crippen molar-refractivity contribution in [3.8, 4) is 5.75 Å². The number of anilines is 2. The second-order valence-corrected chi connectivity index (χ2v) is 9.46. The summed E-state index contributed by atoms with van der Waals surface area (Å²) in [6.45, 7) is 2.15. The van der Waals surface area contributed by atoms with Gasteiger partial charge < -0.3 is 20.7 Å². The highest BCUT2D eigenvalue weighted by Gasteiger charge is 2.28. The summed E-state index contributed by atoms with van der Waals surface area (Å²) in [7, 11) is 1.54. The lowest BCUT2D eigenvalue weighted by Crippen LogP contribution is -2.30. The predicted octanol–water partition coefficient (Wildman–Crippen LogP) is 5.44. The molecule has 1 atom stereocenters. The van der Waals surface area contributed by atoms with Gasteiger partial charge in [-0.3, -0.25) is 9.59 Å². The molecule has 3 N–H and O–H groups in total. The molecule has 2 amide bonds. The first-order valence-corrected chi connectivity index (χ1v) is 12.0. The van der Waals surface area contributed by atoms with Crippen molar-refractivity contribution in [3.63, 3.8) is 0 Å². The van der Waals surface area contributed by atoms with Gasteiger partial charge in [-0.2, -0.15) is 0 Å². The maximum atomic E-state index is 13.3. The Morgan fingerprint density at radius 1 is 1.12 bits per heavy atom. The zero-order valence-corrected chi connectivity index (χ0v) is 20.1.